The van der Waals surface area contributed by atoms with E-state index in [2.05, 4.69) is 37.7 Å². The first-order valence-electron chi connectivity index (χ1n) is 6.95. The molecule has 0 amide bonds. The van der Waals surface area contributed by atoms with Gasteiger partial charge in [-0.15, -0.1) is 0 Å². The molecule has 108 valence electrons. The summed E-state index contributed by atoms with van der Waals surface area (Å²) in [6.45, 7) is 3.80. The highest BCUT2D eigenvalue weighted by Gasteiger charge is 2.33. The minimum absolute atomic E-state index is 0.465. The molecule has 0 aromatic carbocycles. The molecule has 0 aliphatic heterocycles. The van der Waals surface area contributed by atoms with Crippen LogP contribution in [-0.2, 0) is 4.74 Å². The molecule has 0 spiro atoms. The molecule has 20 heavy (non-hydrogen) atoms. The minimum Gasteiger partial charge on any atom is -0.383 e. The molecule has 0 saturated heterocycles. The van der Waals surface area contributed by atoms with E-state index in [1.54, 1.807) is 7.11 Å². The van der Waals surface area contributed by atoms with Crippen molar-refractivity contribution in [3.05, 3.63) is 23.2 Å². The zero-order valence-electron chi connectivity index (χ0n) is 11.8. The molecule has 1 unspecified atom stereocenters. The third-order valence-corrected chi connectivity index (χ3v) is 4.31. The van der Waals surface area contributed by atoms with Crippen molar-refractivity contribution in [2.75, 3.05) is 25.2 Å². The maximum Gasteiger partial charge on any atom is 0.180 e. The first kappa shape index (κ1) is 13.8. The highest BCUT2D eigenvalue weighted by atomic mass is 79.9. The Kier molecular flexibility index (Phi) is 3.94. The summed E-state index contributed by atoms with van der Waals surface area (Å²) in [7, 11) is 1.74. The fourth-order valence-corrected chi connectivity index (χ4v) is 2.99. The van der Waals surface area contributed by atoms with Crippen LogP contribution in [0, 0.1) is 5.92 Å². The lowest BCUT2D eigenvalue weighted by Gasteiger charge is -2.30. The smallest absolute Gasteiger partial charge is 0.180 e. The van der Waals surface area contributed by atoms with Crippen molar-refractivity contribution in [2.45, 2.75) is 25.8 Å². The Balaban J connectivity index is 2.00. The standard InChI is InChI=1S/C14H19BrN4O/c1-10(11-3-4-11)19(7-8-20-2)14-13-16-5-6-18(13)9-12(15)17-14/h5-6,9-11H,3-4,7-8H2,1-2H3. The minimum atomic E-state index is 0.465. The molecule has 0 N–H and O–H groups in total. The molecule has 5 nitrogen and oxygen atoms in total. The number of fused-ring (bicyclic) bond motifs is 1. The molecular weight excluding hydrogens is 320 g/mol. The highest BCUT2D eigenvalue weighted by Crippen LogP contribution is 2.37. The highest BCUT2D eigenvalue weighted by molar-refractivity contribution is 9.10. The average molecular weight is 339 g/mol. The van der Waals surface area contributed by atoms with Crippen LogP contribution in [0.1, 0.15) is 19.8 Å². The van der Waals surface area contributed by atoms with Crippen LogP contribution in [0.4, 0.5) is 5.82 Å². The summed E-state index contributed by atoms with van der Waals surface area (Å²) in [4.78, 5) is 11.4. The Labute approximate surface area is 127 Å². The second kappa shape index (κ2) is 5.69. The second-order valence-corrected chi connectivity index (χ2v) is 6.12. The number of aromatic nitrogens is 3. The van der Waals surface area contributed by atoms with Crippen molar-refractivity contribution in [3.63, 3.8) is 0 Å². The molecule has 1 atom stereocenters. The van der Waals surface area contributed by atoms with Crippen molar-refractivity contribution in [3.8, 4) is 0 Å². The first-order chi connectivity index (χ1) is 9.70. The van der Waals surface area contributed by atoms with Crippen LogP contribution in [0.2, 0.25) is 0 Å². The van der Waals surface area contributed by atoms with Crippen LogP contribution < -0.4 is 4.90 Å². The lowest BCUT2D eigenvalue weighted by atomic mass is 10.2. The molecule has 0 radical (unpaired) electrons. The molecule has 1 aliphatic carbocycles. The van der Waals surface area contributed by atoms with Gasteiger partial charge in [-0.1, -0.05) is 0 Å². The van der Waals surface area contributed by atoms with Gasteiger partial charge in [0, 0.05) is 38.3 Å². The molecule has 0 bridgehead atoms. The lowest BCUT2D eigenvalue weighted by molar-refractivity contribution is 0.202. The Hall–Kier alpha value is -1.14. The molecule has 2 aromatic rings. The molecule has 3 rings (SSSR count). The van der Waals surface area contributed by atoms with Gasteiger partial charge < -0.3 is 14.0 Å². The van der Waals surface area contributed by atoms with Gasteiger partial charge in [0.1, 0.15) is 4.60 Å². The monoisotopic (exact) mass is 338 g/mol. The van der Waals surface area contributed by atoms with Crippen molar-refractivity contribution in [1.29, 1.82) is 0 Å². The zero-order valence-corrected chi connectivity index (χ0v) is 13.4. The Bertz CT molecular complexity index is 596. The van der Waals surface area contributed by atoms with Crippen molar-refractivity contribution in [2.24, 2.45) is 5.92 Å². The van der Waals surface area contributed by atoms with Crippen molar-refractivity contribution >= 4 is 27.4 Å². The number of hydrogen-bond acceptors (Lipinski definition) is 4. The maximum atomic E-state index is 5.26. The van der Waals surface area contributed by atoms with E-state index in [0.29, 0.717) is 12.6 Å². The summed E-state index contributed by atoms with van der Waals surface area (Å²) in [5.74, 6) is 1.70. The fraction of sp³-hybridized carbons (Fsp3) is 0.571. The van der Waals surface area contributed by atoms with Crippen LogP contribution in [0.15, 0.2) is 23.2 Å². The van der Waals surface area contributed by atoms with Gasteiger partial charge in [-0.25, -0.2) is 9.97 Å². The summed E-state index contributed by atoms with van der Waals surface area (Å²) in [6.07, 6.45) is 8.31. The maximum absolute atomic E-state index is 5.26. The molecule has 1 saturated carbocycles. The normalized spacial score (nSPS) is 16.6. The molecule has 2 aromatic heterocycles. The van der Waals surface area contributed by atoms with Crippen LogP contribution in [0.25, 0.3) is 5.65 Å². The van der Waals surface area contributed by atoms with Gasteiger partial charge in [-0.2, -0.15) is 0 Å². The van der Waals surface area contributed by atoms with E-state index in [1.807, 2.05) is 23.0 Å². The lowest BCUT2D eigenvalue weighted by Crippen LogP contribution is -2.38. The summed E-state index contributed by atoms with van der Waals surface area (Å²) in [5.41, 5.74) is 0.900. The fourth-order valence-electron chi connectivity index (χ4n) is 2.60. The van der Waals surface area contributed by atoms with Crippen LogP contribution in [0.3, 0.4) is 0 Å². The predicted molar refractivity (Wildman–Crippen MR) is 82.1 cm³/mol. The number of nitrogens with zero attached hydrogens (tertiary/aromatic N) is 4. The number of methoxy groups -OCH3 is 1. The van der Waals surface area contributed by atoms with E-state index in [0.717, 1.165) is 28.5 Å². The number of imidazole rings is 1. The van der Waals surface area contributed by atoms with E-state index in [9.17, 15) is 0 Å². The Morgan fingerprint density at radius 1 is 1.55 bits per heavy atom. The average Bonchev–Trinajstić information content (AvgIpc) is 3.17. The molecule has 1 aliphatic rings. The van der Waals surface area contributed by atoms with E-state index in [-0.39, 0.29) is 0 Å². The number of halogens is 1. The quantitative estimate of drug-likeness (QED) is 0.812. The Morgan fingerprint density at radius 2 is 2.35 bits per heavy atom. The molecule has 6 heteroatoms. The van der Waals surface area contributed by atoms with Gasteiger partial charge in [0.05, 0.1) is 6.61 Å². The summed E-state index contributed by atoms with van der Waals surface area (Å²) < 4.78 is 8.09. The van der Waals surface area contributed by atoms with E-state index in [1.165, 1.54) is 12.8 Å². The number of rotatable bonds is 6. The number of hydrogen-bond donors (Lipinski definition) is 0. The van der Waals surface area contributed by atoms with Crippen LogP contribution in [0.5, 0.6) is 0 Å². The molecular formula is C14H19BrN4O. The van der Waals surface area contributed by atoms with E-state index < -0.39 is 0 Å². The van der Waals surface area contributed by atoms with Gasteiger partial charge in [0.25, 0.3) is 0 Å². The SMILES string of the molecule is COCCN(c1nc(Br)cn2ccnc12)C(C)C1CC1. The van der Waals surface area contributed by atoms with Gasteiger partial charge in [0.2, 0.25) is 0 Å². The predicted octanol–water partition coefficient (Wildman–Crippen LogP) is 2.74. The van der Waals surface area contributed by atoms with Crippen molar-refractivity contribution < 1.29 is 4.74 Å². The largest absolute Gasteiger partial charge is 0.383 e. The van der Waals surface area contributed by atoms with Gasteiger partial charge in [-0.05, 0) is 41.6 Å². The van der Waals surface area contributed by atoms with E-state index in [4.69, 9.17) is 4.74 Å². The molecule has 2 heterocycles. The van der Waals surface area contributed by atoms with E-state index >= 15 is 0 Å². The van der Waals surface area contributed by atoms with Crippen LogP contribution in [-0.4, -0.2) is 40.7 Å². The summed E-state index contributed by atoms with van der Waals surface area (Å²) in [6, 6.07) is 0.465. The molecule has 1 fully saturated rings. The van der Waals surface area contributed by atoms with Crippen molar-refractivity contribution in [1.82, 2.24) is 14.4 Å². The third-order valence-electron chi connectivity index (χ3n) is 3.93. The van der Waals surface area contributed by atoms with Gasteiger partial charge in [0.15, 0.2) is 11.5 Å². The topological polar surface area (TPSA) is 42.7 Å². The first-order valence-corrected chi connectivity index (χ1v) is 7.75. The van der Waals surface area contributed by atoms with Crippen LogP contribution >= 0.6 is 15.9 Å². The van der Waals surface area contributed by atoms with Gasteiger partial charge in [-0.3, -0.25) is 0 Å². The number of ether oxygens (including phenoxy) is 1. The zero-order chi connectivity index (χ0) is 14.1. The summed E-state index contributed by atoms with van der Waals surface area (Å²) in [5, 5.41) is 0. The van der Waals surface area contributed by atoms with Gasteiger partial charge >= 0.3 is 0 Å². The third kappa shape index (κ3) is 2.67. The second-order valence-electron chi connectivity index (χ2n) is 5.31. The summed E-state index contributed by atoms with van der Waals surface area (Å²) >= 11 is 3.49. The Morgan fingerprint density at radius 3 is 3.05 bits per heavy atom. The number of anilines is 1.